The lowest BCUT2D eigenvalue weighted by atomic mass is 10.2. The summed E-state index contributed by atoms with van der Waals surface area (Å²) in [5.74, 6) is 0.129. The van der Waals surface area contributed by atoms with Gasteiger partial charge in [-0.25, -0.2) is 4.98 Å². The van der Waals surface area contributed by atoms with Gasteiger partial charge < -0.3 is 10.3 Å². The largest absolute Gasteiger partial charge is 0.369 e. The molecule has 0 amide bonds. The van der Waals surface area contributed by atoms with Crippen molar-refractivity contribution in [3.8, 4) is 0 Å². The maximum atomic E-state index is 11.6. The summed E-state index contributed by atoms with van der Waals surface area (Å²) in [4.78, 5) is 22.2. The lowest BCUT2D eigenvalue weighted by Gasteiger charge is -2.04. The topological polar surface area (TPSA) is 89.6 Å². The van der Waals surface area contributed by atoms with Gasteiger partial charge >= 0.3 is 0 Å². The van der Waals surface area contributed by atoms with E-state index in [0.29, 0.717) is 11.2 Å². The first-order chi connectivity index (χ1) is 8.24. The highest BCUT2D eigenvalue weighted by atomic mass is 16.1. The number of aromatic amines is 1. The number of anilines is 1. The summed E-state index contributed by atoms with van der Waals surface area (Å²) in [6.07, 6.45) is 7.34. The monoisotopic (exact) mass is 231 g/mol. The third kappa shape index (κ3) is 1.71. The molecule has 6 heteroatoms. The van der Waals surface area contributed by atoms with E-state index in [4.69, 9.17) is 5.73 Å². The van der Waals surface area contributed by atoms with E-state index in [1.807, 2.05) is 4.57 Å². The zero-order valence-electron chi connectivity index (χ0n) is 9.31. The van der Waals surface area contributed by atoms with Gasteiger partial charge in [0.05, 0.1) is 6.33 Å². The van der Waals surface area contributed by atoms with Crippen LogP contribution in [0.3, 0.4) is 0 Å². The molecule has 0 bridgehead atoms. The molecule has 2 aromatic heterocycles. The molecule has 3 rings (SSSR count). The minimum atomic E-state index is -0.286. The molecule has 2 heterocycles. The van der Waals surface area contributed by atoms with Gasteiger partial charge in [0.25, 0.3) is 5.56 Å². The Morgan fingerprint density at radius 1 is 1.53 bits per heavy atom. The first-order valence-electron chi connectivity index (χ1n) is 5.62. The van der Waals surface area contributed by atoms with Crippen LogP contribution >= 0.6 is 0 Å². The van der Waals surface area contributed by atoms with Crippen molar-refractivity contribution in [2.24, 2.45) is 0 Å². The number of hydrogen-bond donors (Lipinski definition) is 2. The van der Waals surface area contributed by atoms with Gasteiger partial charge in [0.2, 0.25) is 5.95 Å². The van der Waals surface area contributed by atoms with Crippen LogP contribution in [0.15, 0.2) is 22.8 Å². The molecular formula is C11H13N5O. The van der Waals surface area contributed by atoms with E-state index in [1.165, 1.54) is 12.0 Å². The summed E-state index contributed by atoms with van der Waals surface area (Å²) < 4.78 is 1.87. The van der Waals surface area contributed by atoms with E-state index in [1.54, 1.807) is 6.33 Å². The molecule has 3 N–H and O–H groups in total. The molecule has 1 aliphatic rings. The fourth-order valence-corrected chi connectivity index (χ4v) is 2.19. The van der Waals surface area contributed by atoms with E-state index in [0.717, 1.165) is 19.4 Å². The molecule has 0 saturated heterocycles. The summed E-state index contributed by atoms with van der Waals surface area (Å²) in [5.41, 5.74) is 7.52. The van der Waals surface area contributed by atoms with Crippen LogP contribution in [0, 0.1) is 0 Å². The lowest BCUT2D eigenvalue weighted by Crippen LogP contribution is -2.12. The van der Waals surface area contributed by atoms with E-state index in [2.05, 4.69) is 21.0 Å². The second-order valence-corrected chi connectivity index (χ2v) is 4.25. The fraction of sp³-hybridized carbons (Fsp3) is 0.364. The van der Waals surface area contributed by atoms with Crippen molar-refractivity contribution in [2.45, 2.75) is 25.8 Å². The number of aromatic nitrogens is 4. The maximum Gasteiger partial charge on any atom is 0.280 e. The third-order valence-electron chi connectivity index (χ3n) is 3.00. The summed E-state index contributed by atoms with van der Waals surface area (Å²) in [5, 5.41) is 0. The number of nitrogens with zero attached hydrogens (tertiary/aromatic N) is 3. The molecule has 6 nitrogen and oxygen atoms in total. The van der Waals surface area contributed by atoms with Gasteiger partial charge in [0.1, 0.15) is 0 Å². The van der Waals surface area contributed by atoms with Crippen LogP contribution in [0.2, 0.25) is 0 Å². The van der Waals surface area contributed by atoms with Crippen molar-refractivity contribution in [2.75, 3.05) is 5.73 Å². The molecule has 0 atom stereocenters. The van der Waals surface area contributed by atoms with Crippen molar-refractivity contribution >= 4 is 17.1 Å². The molecule has 1 aliphatic carbocycles. The first kappa shape index (κ1) is 10.1. The van der Waals surface area contributed by atoms with Gasteiger partial charge in [-0.3, -0.25) is 9.78 Å². The third-order valence-corrected chi connectivity index (χ3v) is 3.00. The minimum absolute atomic E-state index is 0.129. The van der Waals surface area contributed by atoms with E-state index in [-0.39, 0.29) is 11.5 Å². The standard InChI is InChI=1S/C11H13N5O/c12-11-14-9-8(10(17)15-11)13-6-16(9)5-7-3-1-2-4-7/h3,6H,1-2,4-5H2,(H3,12,14,15,17). The van der Waals surface area contributed by atoms with Crippen LogP contribution < -0.4 is 11.3 Å². The summed E-state index contributed by atoms with van der Waals surface area (Å²) in [7, 11) is 0. The molecule has 0 spiro atoms. The maximum absolute atomic E-state index is 11.6. The molecule has 0 aliphatic heterocycles. The molecule has 0 fully saturated rings. The van der Waals surface area contributed by atoms with Crippen LogP contribution in [0.25, 0.3) is 11.2 Å². The number of nitrogens with one attached hydrogen (secondary N) is 1. The summed E-state index contributed by atoms with van der Waals surface area (Å²) in [6.45, 7) is 0.742. The SMILES string of the molecule is Nc1nc2c(ncn2CC2=CCCC2)c(=O)[nH]1. The van der Waals surface area contributed by atoms with E-state index >= 15 is 0 Å². The lowest BCUT2D eigenvalue weighted by molar-refractivity contribution is 0.762. The predicted molar refractivity (Wildman–Crippen MR) is 64.5 cm³/mol. The van der Waals surface area contributed by atoms with Gasteiger partial charge in [0, 0.05) is 6.54 Å². The van der Waals surface area contributed by atoms with Crippen LogP contribution in [-0.2, 0) is 6.54 Å². The average molecular weight is 231 g/mol. The number of fused-ring (bicyclic) bond motifs is 1. The van der Waals surface area contributed by atoms with Gasteiger partial charge in [-0.1, -0.05) is 11.6 Å². The molecule has 0 aromatic carbocycles. The van der Waals surface area contributed by atoms with Crippen molar-refractivity contribution < 1.29 is 0 Å². The highest BCUT2D eigenvalue weighted by Crippen LogP contribution is 2.20. The van der Waals surface area contributed by atoms with Crippen molar-refractivity contribution in [1.82, 2.24) is 19.5 Å². The second kappa shape index (κ2) is 3.73. The number of imidazole rings is 1. The number of hydrogen-bond acceptors (Lipinski definition) is 4. The van der Waals surface area contributed by atoms with Crippen LogP contribution in [0.5, 0.6) is 0 Å². The smallest absolute Gasteiger partial charge is 0.280 e. The molecule has 0 saturated carbocycles. The van der Waals surface area contributed by atoms with Crippen LogP contribution in [-0.4, -0.2) is 19.5 Å². The Morgan fingerprint density at radius 2 is 2.41 bits per heavy atom. The van der Waals surface area contributed by atoms with Gasteiger partial charge in [-0.05, 0) is 19.3 Å². The van der Waals surface area contributed by atoms with Crippen LogP contribution in [0.4, 0.5) is 5.95 Å². The number of nitrogen functional groups attached to an aromatic ring is 1. The molecule has 2 aromatic rings. The molecule has 17 heavy (non-hydrogen) atoms. The summed E-state index contributed by atoms with van der Waals surface area (Å²) >= 11 is 0. The fourth-order valence-electron chi connectivity index (χ4n) is 2.19. The molecule has 0 radical (unpaired) electrons. The zero-order chi connectivity index (χ0) is 11.8. The Bertz CT molecular complexity index is 651. The predicted octanol–water partition coefficient (Wildman–Crippen LogP) is 0.812. The summed E-state index contributed by atoms with van der Waals surface area (Å²) in [6, 6.07) is 0. The second-order valence-electron chi connectivity index (χ2n) is 4.25. The molecular weight excluding hydrogens is 218 g/mol. The molecule has 0 unspecified atom stereocenters. The van der Waals surface area contributed by atoms with E-state index < -0.39 is 0 Å². The zero-order valence-corrected chi connectivity index (χ0v) is 9.31. The Morgan fingerprint density at radius 3 is 3.18 bits per heavy atom. The quantitative estimate of drug-likeness (QED) is 0.748. The normalized spacial score (nSPS) is 15.4. The average Bonchev–Trinajstić information content (AvgIpc) is 2.89. The Labute approximate surface area is 97.2 Å². The highest BCUT2D eigenvalue weighted by molar-refractivity contribution is 5.70. The van der Waals surface area contributed by atoms with E-state index in [9.17, 15) is 4.79 Å². The number of allylic oxidation sites excluding steroid dienone is 2. The van der Waals surface area contributed by atoms with Gasteiger partial charge in [0.15, 0.2) is 11.2 Å². The Kier molecular flexibility index (Phi) is 2.21. The Hall–Kier alpha value is -2.11. The van der Waals surface area contributed by atoms with Crippen LogP contribution in [0.1, 0.15) is 19.3 Å². The number of nitrogens with two attached hydrogens (primary N) is 1. The first-order valence-corrected chi connectivity index (χ1v) is 5.62. The number of rotatable bonds is 2. The Balaban J connectivity index is 2.08. The van der Waals surface area contributed by atoms with Gasteiger partial charge in [-0.15, -0.1) is 0 Å². The van der Waals surface area contributed by atoms with Crippen molar-refractivity contribution in [3.63, 3.8) is 0 Å². The molecule has 88 valence electrons. The number of H-pyrrole nitrogens is 1. The highest BCUT2D eigenvalue weighted by Gasteiger charge is 2.11. The minimum Gasteiger partial charge on any atom is -0.369 e. The van der Waals surface area contributed by atoms with Gasteiger partial charge in [-0.2, -0.15) is 4.98 Å². The van der Waals surface area contributed by atoms with Crippen molar-refractivity contribution in [1.29, 1.82) is 0 Å². The van der Waals surface area contributed by atoms with Crippen molar-refractivity contribution in [3.05, 3.63) is 28.3 Å².